The van der Waals surface area contributed by atoms with Crippen LogP contribution in [0.5, 0.6) is 5.75 Å². The van der Waals surface area contributed by atoms with Crippen molar-refractivity contribution >= 4 is 5.91 Å². The Morgan fingerprint density at radius 2 is 2.42 bits per heavy atom. The van der Waals surface area contributed by atoms with Gasteiger partial charge >= 0.3 is 0 Å². The second kappa shape index (κ2) is 6.52. The van der Waals surface area contributed by atoms with E-state index in [9.17, 15) is 9.18 Å². The molecule has 0 radical (unpaired) electrons. The molecule has 2 N–H and O–H groups in total. The minimum atomic E-state index is -0.559. The molecule has 19 heavy (non-hydrogen) atoms. The summed E-state index contributed by atoms with van der Waals surface area (Å²) >= 11 is 0. The molecule has 2 rings (SSSR count). The van der Waals surface area contributed by atoms with Crippen molar-refractivity contribution < 1.29 is 13.9 Å². The first-order chi connectivity index (χ1) is 9.22. The molecule has 0 aliphatic carbocycles. The lowest BCUT2D eigenvalue weighted by Crippen LogP contribution is -2.31. The number of nitrogens with one attached hydrogen (secondary N) is 2. The molecule has 0 bridgehead atoms. The van der Waals surface area contributed by atoms with Gasteiger partial charge in [0.15, 0.2) is 0 Å². The Morgan fingerprint density at radius 1 is 1.58 bits per heavy atom. The summed E-state index contributed by atoms with van der Waals surface area (Å²) in [6.07, 6.45) is 3.18. The fraction of sp³-hybridized carbons (Fsp3) is 0.500. The number of halogens is 1. The molecule has 1 heterocycles. The molecule has 5 heteroatoms. The van der Waals surface area contributed by atoms with Gasteiger partial charge in [-0.3, -0.25) is 4.79 Å². The van der Waals surface area contributed by atoms with E-state index in [1.807, 2.05) is 0 Å². The van der Waals surface area contributed by atoms with Crippen LogP contribution in [0.1, 0.15) is 29.6 Å². The van der Waals surface area contributed by atoms with Crippen molar-refractivity contribution in [2.75, 3.05) is 20.2 Å². The van der Waals surface area contributed by atoms with Crippen LogP contribution in [0.4, 0.5) is 4.39 Å². The van der Waals surface area contributed by atoms with E-state index in [1.54, 1.807) is 6.07 Å². The molecule has 1 atom stereocenters. The molecule has 1 aromatic carbocycles. The zero-order valence-electron chi connectivity index (χ0n) is 11.0. The Morgan fingerprint density at radius 3 is 3.11 bits per heavy atom. The average Bonchev–Trinajstić information content (AvgIpc) is 2.91. The third kappa shape index (κ3) is 3.44. The van der Waals surface area contributed by atoms with Gasteiger partial charge in [-0.15, -0.1) is 0 Å². The van der Waals surface area contributed by atoms with Crippen molar-refractivity contribution in [2.45, 2.75) is 25.3 Å². The summed E-state index contributed by atoms with van der Waals surface area (Å²) in [5.74, 6) is -0.722. The maximum absolute atomic E-state index is 13.7. The molecule has 1 aliphatic rings. The lowest BCUT2D eigenvalue weighted by molar-refractivity contribution is 0.0945. The van der Waals surface area contributed by atoms with Crippen molar-refractivity contribution in [1.82, 2.24) is 10.6 Å². The smallest absolute Gasteiger partial charge is 0.258 e. The molecule has 104 valence electrons. The van der Waals surface area contributed by atoms with Crippen LogP contribution in [-0.4, -0.2) is 32.1 Å². The average molecular weight is 266 g/mol. The summed E-state index contributed by atoms with van der Waals surface area (Å²) in [6, 6.07) is 4.82. The minimum Gasteiger partial charge on any atom is -0.496 e. The summed E-state index contributed by atoms with van der Waals surface area (Å²) in [6.45, 7) is 1.58. The van der Waals surface area contributed by atoms with Gasteiger partial charge in [-0.1, -0.05) is 6.07 Å². The van der Waals surface area contributed by atoms with Gasteiger partial charge < -0.3 is 15.4 Å². The van der Waals surface area contributed by atoms with Crippen molar-refractivity contribution in [3.05, 3.63) is 29.6 Å². The van der Waals surface area contributed by atoms with Crippen LogP contribution in [0.2, 0.25) is 0 Å². The van der Waals surface area contributed by atoms with Crippen molar-refractivity contribution in [1.29, 1.82) is 0 Å². The van der Waals surface area contributed by atoms with Crippen LogP contribution in [-0.2, 0) is 0 Å². The molecule has 1 fully saturated rings. The van der Waals surface area contributed by atoms with Crippen LogP contribution in [0.15, 0.2) is 18.2 Å². The monoisotopic (exact) mass is 266 g/mol. The number of carbonyl (C=O) groups is 1. The fourth-order valence-corrected chi connectivity index (χ4v) is 2.35. The fourth-order valence-electron chi connectivity index (χ4n) is 2.35. The molecule has 0 aromatic heterocycles. The van der Waals surface area contributed by atoms with Gasteiger partial charge in [0.05, 0.1) is 7.11 Å². The topological polar surface area (TPSA) is 50.4 Å². The highest BCUT2D eigenvalue weighted by Gasteiger charge is 2.18. The third-order valence-corrected chi connectivity index (χ3v) is 3.36. The Kier molecular flexibility index (Phi) is 4.74. The Labute approximate surface area is 112 Å². The Hall–Kier alpha value is -1.62. The normalized spacial score (nSPS) is 18.3. The van der Waals surface area contributed by atoms with Crippen LogP contribution >= 0.6 is 0 Å². The predicted octanol–water partition coefficient (Wildman–Crippen LogP) is 1.71. The third-order valence-electron chi connectivity index (χ3n) is 3.36. The SMILES string of the molecule is COc1cccc(F)c1C(=O)NCC[C@@H]1CCCN1. The number of benzene rings is 1. The van der Waals surface area contributed by atoms with Crippen LogP contribution in [0.25, 0.3) is 0 Å². The number of carbonyl (C=O) groups excluding carboxylic acids is 1. The first-order valence-electron chi connectivity index (χ1n) is 6.56. The molecule has 0 spiro atoms. The van der Waals surface area contributed by atoms with E-state index in [0.29, 0.717) is 12.6 Å². The van der Waals surface area contributed by atoms with Gasteiger partial charge in [-0.2, -0.15) is 0 Å². The van der Waals surface area contributed by atoms with Gasteiger partial charge in [-0.05, 0) is 37.9 Å². The first kappa shape index (κ1) is 13.8. The van der Waals surface area contributed by atoms with Gasteiger partial charge in [0.25, 0.3) is 5.91 Å². The lowest BCUT2D eigenvalue weighted by Gasteiger charge is -2.12. The zero-order valence-corrected chi connectivity index (χ0v) is 11.0. The summed E-state index contributed by atoms with van der Waals surface area (Å²) in [5.41, 5.74) is -0.0237. The highest BCUT2D eigenvalue weighted by atomic mass is 19.1. The Balaban J connectivity index is 1.92. The van der Waals surface area contributed by atoms with Crippen LogP contribution < -0.4 is 15.4 Å². The molecule has 0 saturated carbocycles. The minimum absolute atomic E-state index is 0.0237. The molecule has 4 nitrogen and oxygen atoms in total. The van der Waals surface area contributed by atoms with E-state index in [0.717, 1.165) is 19.4 Å². The van der Waals surface area contributed by atoms with Gasteiger partial charge in [0.2, 0.25) is 0 Å². The predicted molar refractivity (Wildman–Crippen MR) is 70.9 cm³/mol. The van der Waals surface area contributed by atoms with Gasteiger partial charge in [0.1, 0.15) is 17.1 Å². The van der Waals surface area contributed by atoms with Gasteiger partial charge in [0, 0.05) is 12.6 Å². The summed E-state index contributed by atoms with van der Waals surface area (Å²) < 4.78 is 18.7. The van der Waals surface area contributed by atoms with Crippen molar-refractivity contribution in [3.8, 4) is 5.75 Å². The van der Waals surface area contributed by atoms with Crippen LogP contribution in [0, 0.1) is 5.82 Å². The quantitative estimate of drug-likeness (QED) is 0.853. The number of ether oxygens (including phenoxy) is 1. The number of hydrogen-bond donors (Lipinski definition) is 2. The lowest BCUT2D eigenvalue weighted by atomic mass is 10.1. The van der Waals surface area contributed by atoms with E-state index in [4.69, 9.17) is 4.74 Å². The molecule has 1 amide bonds. The Bertz CT molecular complexity index is 445. The van der Waals surface area contributed by atoms with E-state index < -0.39 is 11.7 Å². The van der Waals surface area contributed by atoms with E-state index >= 15 is 0 Å². The highest BCUT2D eigenvalue weighted by Crippen LogP contribution is 2.20. The van der Waals surface area contributed by atoms with Crippen LogP contribution in [0.3, 0.4) is 0 Å². The molecular weight excluding hydrogens is 247 g/mol. The summed E-state index contributed by atoms with van der Waals surface area (Å²) in [4.78, 5) is 12.0. The van der Waals surface area contributed by atoms with E-state index in [2.05, 4.69) is 10.6 Å². The largest absolute Gasteiger partial charge is 0.496 e. The summed E-state index contributed by atoms with van der Waals surface area (Å²) in [5, 5.41) is 6.10. The maximum Gasteiger partial charge on any atom is 0.258 e. The van der Waals surface area contributed by atoms with E-state index in [-0.39, 0.29) is 11.3 Å². The number of hydrogen-bond acceptors (Lipinski definition) is 3. The zero-order chi connectivity index (χ0) is 13.7. The van der Waals surface area contributed by atoms with E-state index in [1.165, 1.54) is 25.7 Å². The number of rotatable bonds is 5. The molecular formula is C14H19FN2O2. The highest BCUT2D eigenvalue weighted by molar-refractivity contribution is 5.97. The number of methoxy groups -OCH3 is 1. The second-order valence-corrected chi connectivity index (χ2v) is 4.65. The standard InChI is InChI=1S/C14H19FN2O2/c1-19-12-6-2-5-11(15)13(12)14(18)17-9-7-10-4-3-8-16-10/h2,5-6,10,16H,3-4,7-9H2,1H3,(H,17,18)/t10-/m0/s1. The first-order valence-corrected chi connectivity index (χ1v) is 6.56. The maximum atomic E-state index is 13.7. The molecule has 1 aromatic rings. The van der Waals surface area contributed by atoms with Gasteiger partial charge in [-0.25, -0.2) is 4.39 Å². The molecule has 0 unspecified atom stereocenters. The number of amides is 1. The van der Waals surface area contributed by atoms with Crippen molar-refractivity contribution in [2.24, 2.45) is 0 Å². The second-order valence-electron chi connectivity index (χ2n) is 4.65. The van der Waals surface area contributed by atoms with Crippen molar-refractivity contribution in [3.63, 3.8) is 0 Å². The molecule has 1 saturated heterocycles. The molecule has 1 aliphatic heterocycles. The summed E-state index contributed by atoms with van der Waals surface area (Å²) in [7, 11) is 1.42.